The highest BCUT2D eigenvalue weighted by atomic mass is 16.1. The molecule has 0 amide bonds. The van der Waals surface area contributed by atoms with E-state index < -0.39 is 0 Å². The Morgan fingerprint density at radius 1 is 1.54 bits per heavy atom. The highest BCUT2D eigenvalue weighted by Crippen LogP contribution is 2.05. The number of nitrogens with one attached hydrogen (secondary N) is 1. The van der Waals surface area contributed by atoms with Crippen LogP contribution in [0.1, 0.15) is 12.8 Å². The van der Waals surface area contributed by atoms with Gasteiger partial charge in [0, 0.05) is 24.8 Å². The predicted octanol–water partition coefficient (Wildman–Crippen LogP) is 0.600. The molecule has 2 heterocycles. The zero-order chi connectivity index (χ0) is 9.10. The van der Waals surface area contributed by atoms with Crippen LogP contribution in [0.3, 0.4) is 0 Å². The summed E-state index contributed by atoms with van der Waals surface area (Å²) in [5.74, 6) is 0. The highest BCUT2D eigenvalue weighted by molar-refractivity contribution is 4.94. The molecule has 0 bridgehead atoms. The first-order chi connectivity index (χ1) is 6.36. The maximum Gasteiger partial charge on any atom is 0.250 e. The number of hydrogen-bond acceptors (Lipinski definition) is 2. The van der Waals surface area contributed by atoms with Gasteiger partial charge in [0.15, 0.2) is 0 Å². The van der Waals surface area contributed by atoms with Crippen molar-refractivity contribution in [1.29, 1.82) is 0 Å². The van der Waals surface area contributed by atoms with Crippen LogP contribution in [0, 0.1) is 0 Å². The molecule has 1 atom stereocenters. The molecular formula is C10H14N2O. The summed E-state index contributed by atoms with van der Waals surface area (Å²) in [5, 5.41) is 3.37. The molecule has 1 aromatic heterocycles. The normalized spacial score (nSPS) is 22.0. The van der Waals surface area contributed by atoms with Crippen LogP contribution in [-0.4, -0.2) is 17.2 Å². The Morgan fingerprint density at radius 3 is 3.15 bits per heavy atom. The van der Waals surface area contributed by atoms with Crippen molar-refractivity contribution in [1.82, 2.24) is 9.88 Å². The molecule has 0 spiro atoms. The molecule has 0 saturated carbocycles. The van der Waals surface area contributed by atoms with Crippen LogP contribution in [0.4, 0.5) is 0 Å². The summed E-state index contributed by atoms with van der Waals surface area (Å²) < 4.78 is 1.77. The van der Waals surface area contributed by atoms with E-state index in [4.69, 9.17) is 0 Å². The van der Waals surface area contributed by atoms with Crippen LogP contribution in [0.15, 0.2) is 29.2 Å². The fourth-order valence-corrected chi connectivity index (χ4v) is 1.76. The van der Waals surface area contributed by atoms with Gasteiger partial charge in [0.05, 0.1) is 0 Å². The molecule has 0 aliphatic carbocycles. The largest absolute Gasteiger partial charge is 0.314 e. The summed E-state index contributed by atoms with van der Waals surface area (Å²) in [6, 6.07) is 5.77. The number of nitrogens with zero attached hydrogens (tertiary/aromatic N) is 1. The monoisotopic (exact) mass is 178 g/mol. The molecule has 1 fully saturated rings. The molecule has 1 aliphatic heterocycles. The van der Waals surface area contributed by atoms with Gasteiger partial charge in [-0.2, -0.15) is 0 Å². The Kier molecular flexibility index (Phi) is 2.45. The van der Waals surface area contributed by atoms with Crippen molar-refractivity contribution in [2.24, 2.45) is 0 Å². The topological polar surface area (TPSA) is 34.0 Å². The van der Waals surface area contributed by atoms with E-state index in [2.05, 4.69) is 5.32 Å². The van der Waals surface area contributed by atoms with Crippen molar-refractivity contribution in [3.63, 3.8) is 0 Å². The summed E-state index contributed by atoms with van der Waals surface area (Å²) in [7, 11) is 0. The Balaban J connectivity index is 2.08. The SMILES string of the molecule is O=c1ccccn1C[C@H]1CCCN1. The van der Waals surface area contributed by atoms with Gasteiger partial charge in [-0.1, -0.05) is 6.07 Å². The first kappa shape index (κ1) is 8.51. The van der Waals surface area contributed by atoms with Crippen LogP contribution in [0.25, 0.3) is 0 Å². The minimum Gasteiger partial charge on any atom is -0.314 e. The van der Waals surface area contributed by atoms with Crippen molar-refractivity contribution in [3.05, 3.63) is 34.7 Å². The minimum atomic E-state index is 0.0937. The molecule has 3 heteroatoms. The smallest absolute Gasteiger partial charge is 0.250 e. The summed E-state index contributed by atoms with van der Waals surface area (Å²) in [5.41, 5.74) is 0.0937. The molecule has 1 aromatic rings. The van der Waals surface area contributed by atoms with Crippen LogP contribution in [0.5, 0.6) is 0 Å². The summed E-state index contributed by atoms with van der Waals surface area (Å²) in [4.78, 5) is 11.3. The Labute approximate surface area is 77.4 Å². The Hall–Kier alpha value is -1.09. The fourth-order valence-electron chi connectivity index (χ4n) is 1.76. The van der Waals surface area contributed by atoms with E-state index >= 15 is 0 Å². The molecule has 0 aromatic carbocycles. The second kappa shape index (κ2) is 3.75. The van der Waals surface area contributed by atoms with Gasteiger partial charge in [0.2, 0.25) is 0 Å². The Bertz CT molecular complexity index is 326. The summed E-state index contributed by atoms with van der Waals surface area (Å²) in [6.45, 7) is 1.89. The lowest BCUT2D eigenvalue weighted by molar-refractivity contribution is 0.499. The van der Waals surface area contributed by atoms with E-state index in [1.165, 1.54) is 12.8 Å². The maximum absolute atomic E-state index is 11.3. The molecular weight excluding hydrogens is 164 g/mol. The van der Waals surface area contributed by atoms with E-state index in [9.17, 15) is 4.79 Å². The lowest BCUT2D eigenvalue weighted by Gasteiger charge is -2.11. The maximum atomic E-state index is 11.3. The predicted molar refractivity (Wildman–Crippen MR) is 51.7 cm³/mol. The van der Waals surface area contributed by atoms with Crippen molar-refractivity contribution in [2.75, 3.05) is 6.54 Å². The standard InChI is InChI=1S/C10H14N2O/c13-10-5-1-2-7-12(10)8-9-4-3-6-11-9/h1-2,5,7,9,11H,3-4,6,8H2/t9-/m1/s1. The van der Waals surface area contributed by atoms with Crippen LogP contribution >= 0.6 is 0 Å². The van der Waals surface area contributed by atoms with E-state index in [-0.39, 0.29) is 5.56 Å². The van der Waals surface area contributed by atoms with Gasteiger partial charge in [0.25, 0.3) is 5.56 Å². The van der Waals surface area contributed by atoms with Gasteiger partial charge >= 0.3 is 0 Å². The molecule has 1 saturated heterocycles. The average molecular weight is 178 g/mol. The van der Waals surface area contributed by atoms with Gasteiger partial charge in [-0.3, -0.25) is 4.79 Å². The third-order valence-corrected chi connectivity index (χ3v) is 2.48. The third-order valence-electron chi connectivity index (χ3n) is 2.48. The van der Waals surface area contributed by atoms with Crippen molar-refractivity contribution in [2.45, 2.75) is 25.4 Å². The summed E-state index contributed by atoms with van der Waals surface area (Å²) >= 11 is 0. The molecule has 1 aliphatic rings. The van der Waals surface area contributed by atoms with Crippen molar-refractivity contribution >= 4 is 0 Å². The number of rotatable bonds is 2. The molecule has 0 unspecified atom stereocenters. The second-order valence-electron chi connectivity index (χ2n) is 3.48. The molecule has 2 rings (SSSR count). The first-order valence-electron chi connectivity index (χ1n) is 4.75. The summed E-state index contributed by atoms with van der Waals surface area (Å²) in [6.07, 6.45) is 4.26. The Morgan fingerprint density at radius 2 is 2.46 bits per heavy atom. The molecule has 70 valence electrons. The van der Waals surface area contributed by atoms with E-state index in [0.29, 0.717) is 6.04 Å². The van der Waals surface area contributed by atoms with Crippen LogP contribution in [-0.2, 0) is 6.54 Å². The third kappa shape index (κ3) is 1.98. The van der Waals surface area contributed by atoms with Gasteiger partial charge in [-0.05, 0) is 25.5 Å². The molecule has 0 radical (unpaired) electrons. The lowest BCUT2D eigenvalue weighted by Crippen LogP contribution is -2.31. The fraction of sp³-hybridized carbons (Fsp3) is 0.500. The molecule has 1 N–H and O–H groups in total. The second-order valence-corrected chi connectivity index (χ2v) is 3.48. The number of hydrogen-bond donors (Lipinski definition) is 1. The molecule has 13 heavy (non-hydrogen) atoms. The average Bonchev–Trinajstić information content (AvgIpc) is 2.61. The van der Waals surface area contributed by atoms with Gasteiger partial charge in [0.1, 0.15) is 0 Å². The zero-order valence-corrected chi connectivity index (χ0v) is 7.57. The van der Waals surface area contributed by atoms with E-state index in [1.807, 2.05) is 12.3 Å². The highest BCUT2D eigenvalue weighted by Gasteiger charge is 2.14. The van der Waals surface area contributed by atoms with E-state index in [1.54, 1.807) is 16.7 Å². The van der Waals surface area contributed by atoms with Gasteiger partial charge in [-0.25, -0.2) is 0 Å². The quantitative estimate of drug-likeness (QED) is 0.719. The van der Waals surface area contributed by atoms with E-state index in [0.717, 1.165) is 13.1 Å². The van der Waals surface area contributed by atoms with Gasteiger partial charge in [-0.15, -0.1) is 0 Å². The first-order valence-corrected chi connectivity index (χ1v) is 4.75. The lowest BCUT2D eigenvalue weighted by atomic mass is 10.2. The van der Waals surface area contributed by atoms with Gasteiger partial charge < -0.3 is 9.88 Å². The van der Waals surface area contributed by atoms with Crippen LogP contribution < -0.4 is 10.9 Å². The van der Waals surface area contributed by atoms with Crippen molar-refractivity contribution < 1.29 is 0 Å². The number of pyridine rings is 1. The molecule has 3 nitrogen and oxygen atoms in total. The van der Waals surface area contributed by atoms with Crippen LogP contribution in [0.2, 0.25) is 0 Å². The minimum absolute atomic E-state index is 0.0937. The van der Waals surface area contributed by atoms with Crippen molar-refractivity contribution in [3.8, 4) is 0 Å². The zero-order valence-electron chi connectivity index (χ0n) is 7.57. The number of aromatic nitrogens is 1.